The molecule has 0 saturated carbocycles. The van der Waals surface area contributed by atoms with E-state index in [1.807, 2.05) is 33.8 Å². The average Bonchev–Trinajstić information content (AvgIpc) is 3.21. The lowest BCUT2D eigenvalue weighted by Gasteiger charge is -2.22. The van der Waals surface area contributed by atoms with Crippen LogP contribution in [0.15, 0.2) is 23.4 Å². The molecule has 0 aliphatic heterocycles. The van der Waals surface area contributed by atoms with E-state index in [0.717, 1.165) is 5.56 Å². The van der Waals surface area contributed by atoms with Crippen LogP contribution in [0.1, 0.15) is 44.7 Å². The van der Waals surface area contributed by atoms with Gasteiger partial charge in [0.25, 0.3) is 5.56 Å². The van der Waals surface area contributed by atoms with Crippen LogP contribution in [0.3, 0.4) is 0 Å². The van der Waals surface area contributed by atoms with E-state index in [4.69, 9.17) is 0 Å². The molecule has 8 nitrogen and oxygen atoms in total. The van der Waals surface area contributed by atoms with Crippen molar-refractivity contribution in [3.8, 4) is 17.3 Å². The van der Waals surface area contributed by atoms with Gasteiger partial charge in [0.2, 0.25) is 0 Å². The smallest absolute Gasteiger partial charge is 0.278 e. The third-order valence-electron chi connectivity index (χ3n) is 4.28. The summed E-state index contributed by atoms with van der Waals surface area (Å²) in [6.07, 6.45) is 4.80. The molecule has 25 heavy (non-hydrogen) atoms. The fourth-order valence-corrected chi connectivity index (χ4v) is 2.73. The SMILES string of the molecule is CC(C)c1c(-c2cnn(C(C)(C)CO)c2)[nH]c2c(C#N)cnn2c1=O. The van der Waals surface area contributed by atoms with E-state index in [0.29, 0.717) is 22.5 Å². The Morgan fingerprint density at radius 1 is 1.36 bits per heavy atom. The average molecular weight is 340 g/mol. The monoisotopic (exact) mass is 340 g/mol. The van der Waals surface area contributed by atoms with Gasteiger partial charge in [-0.1, -0.05) is 13.8 Å². The summed E-state index contributed by atoms with van der Waals surface area (Å²) in [4.78, 5) is 16.0. The van der Waals surface area contributed by atoms with E-state index >= 15 is 0 Å². The van der Waals surface area contributed by atoms with Gasteiger partial charge in [-0.2, -0.15) is 20.0 Å². The number of aliphatic hydroxyl groups excluding tert-OH is 1. The van der Waals surface area contributed by atoms with Gasteiger partial charge in [0.05, 0.1) is 30.2 Å². The third-order valence-corrected chi connectivity index (χ3v) is 4.28. The van der Waals surface area contributed by atoms with Crippen molar-refractivity contribution in [2.24, 2.45) is 0 Å². The Balaban J connectivity index is 2.30. The topological polar surface area (TPSA) is 112 Å². The number of hydrogen-bond acceptors (Lipinski definition) is 5. The highest BCUT2D eigenvalue weighted by Crippen LogP contribution is 2.27. The van der Waals surface area contributed by atoms with Gasteiger partial charge >= 0.3 is 0 Å². The number of nitrogens with one attached hydrogen (secondary N) is 1. The molecule has 0 radical (unpaired) electrons. The van der Waals surface area contributed by atoms with Crippen molar-refractivity contribution in [2.45, 2.75) is 39.2 Å². The second kappa shape index (κ2) is 5.86. The maximum atomic E-state index is 12.9. The predicted molar refractivity (Wildman–Crippen MR) is 92.2 cm³/mol. The maximum Gasteiger partial charge on any atom is 0.278 e. The molecule has 2 N–H and O–H groups in total. The minimum atomic E-state index is -0.560. The van der Waals surface area contributed by atoms with E-state index in [-0.39, 0.29) is 18.1 Å². The van der Waals surface area contributed by atoms with Gasteiger partial charge in [-0.15, -0.1) is 0 Å². The highest BCUT2D eigenvalue weighted by Gasteiger charge is 2.23. The number of aliphatic hydroxyl groups is 1. The highest BCUT2D eigenvalue weighted by molar-refractivity contribution is 5.67. The molecule has 0 aliphatic rings. The van der Waals surface area contributed by atoms with Crippen LogP contribution in [-0.4, -0.2) is 36.1 Å². The number of aromatic nitrogens is 5. The minimum absolute atomic E-state index is 0.0490. The first-order valence-electron chi connectivity index (χ1n) is 8.00. The molecule has 0 amide bonds. The van der Waals surface area contributed by atoms with Gasteiger partial charge < -0.3 is 10.1 Å². The van der Waals surface area contributed by atoms with E-state index in [1.54, 1.807) is 17.1 Å². The van der Waals surface area contributed by atoms with Crippen LogP contribution in [0.4, 0.5) is 0 Å². The molecule has 0 aromatic carbocycles. The number of H-pyrrole nitrogens is 1. The maximum absolute atomic E-state index is 12.9. The van der Waals surface area contributed by atoms with E-state index in [2.05, 4.69) is 15.2 Å². The molecule has 3 heterocycles. The summed E-state index contributed by atoms with van der Waals surface area (Å²) in [7, 11) is 0. The summed E-state index contributed by atoms with van der Waals surface area (Å²) < 4.78 is 2.88. The fourth-order valence-electron chi connectivity index (χ4n) is 2.73. The van der Waals surface area contributed by atoms with Gasteiger partial charge in [0, 0.05) is 17.3 Å². The summed E-state index contributed by atoms with van der Waals surface area (Å²) in [6.45, 7) is 7.52. The van der Waals surface area contributed by atoms with Crippen LogP contribution < -0.4 is 5.56 Å². The Hall–Kier alpha value is -2.92. The number of hydrogen-bond donors (Lipinski definition) is 2. The highest BCUT2D eigenvalue weighted by atomic mass is 16.3. The molecule has 3 rings (SSSR count). The summed E-state index contributed by atoms with van der Waals surface area (Å²) >= 11 is 0. The normalized spacial score (nSPS) is 12.0. The summed E-state index contributed by atoms with van der Waals surface area (Å²) in [5.74, 6) is -0.0490. The quantitative estimate of drug-likeness (QED) is 0.749. The lowest BCUT2D eigenvalue weighted by molar-refractivity contribution is 0.152. The Labute approximate surface area is 144 Å². The second-order valence-corrected chi connectivity index (χ2v) is 6.95. The number of rotatable bonds is 4. The first-order valence-corrected chi connectivity index (χ1v) is 8.00. The minimum Gasteiger partial charge on any atom is -0.394 e. The largest absolute Gasteiger partial charge is 0.394 e. The first-order chi connectivity index (χ1) is 11.8. The van der Waals surface area contributed by atoms with Crippen molar-refractivity contribution >= 4 is 5.65 Å². The molecule has 0 unspecified atom stereocenters. The molecular formula is C17H20N6O2. The lowest BCUT2D eigenvalue weighted by atomic mass is 10.00. The summed E-state index contributed by atoms with van der Waals surface area (Å²) in [5, 5.41) is 27.1. The Bertz CT molecular complexity index is 1030. The molecule has 3 aromatic heterocycles. The zero-order valence-corrected chi connectivity index (χ0v) is 14.6. The van der Waals surface area contributed by atoms with Crippen molar-refractivity contribution in [1.82, 2.24) is 24.4 Å². The van der Waals surface area contributed by atoms with Crippen molar-refractivity contribution in [1.29, 1.82) is 5.26 Å². The lowest BCUT2D eigenvalue weighted by Crippen LogP contribution is -2.30. The number of nitriles is 1. The molecular weight excluding hydrogens is 320 g/mol. The summed E-state index contributed by atoms with van der Waals surface area (Å²) in [5.41, 5.74) is 1.75. The van der Waals surface area contributed by atoms with Gasteiger partial charge in [-0.05, 0) is 19.8 Å². The predicted octanol–water partition coefficient (Wildman–Crippen LogP) is 1.61. The Morgan fingerprint density at radius 3 is 2.68 bits per heavy atom. The van der Waals surface area contributed by atoms with Crippen molar-refractivity contribution < 1.29 is 5.11 Å². The van der Waals surface area contributed by atoms with Crippen molar-refractivity contribution in [3.05, 3.63) is 40.1 Å². The van der Waals surface area contributed by atoms with Gasteiger partial charge in [-0.3, -0.25) is 9.48 Å². The second-order valence-electron chi connectivity index (χ2n) is 6.95. The van der Waals surface area contributed by atoms with Gasteiger partial charge in [0.1, 0.15) is 11.6 Å². The summed E-state index contributed by atoms with van der Waals surface area (Å²) in [6, 6.07) is 2.04. The van der Waals surface area contributed by atoms with Crippen LogP contribution in [0, 0.1) is 11.3 Å². The fraction of sp³-hybridized carbons (Fsp3) is 0.412. The zero-order chi connectivity index (χ0) is 18.4. The number of fused-ring (bicyclic) bond motifs is 1. The van der Waals surface area contributed by atoms with Crippen molar-refractivity contribution in [2.75, 3.05) is 6.61 Å². The molecule has 0 spiro atoms. The van der Waals surface area contributed by atoms with Crippen molar-refractivity contribution in [3.63, 3.8) is 0 Å². The van der Waals surface area contributed by atoms with E-state index in [9.17, 15) is 15.2 Å². The molecule has 8 heteroatoms. The van der Waals surface area contributed by atoms with Crippen LogP contribution in [0.5, 0.6) is 0 Å². The molecule has 0 bridgehead atoms. The van der Waals surface area contributed by atoms with Crippen LogP contribution in [0.2, 0.25) is 0 Å². The third kappa shape index (κ3) is 2.62. The van der Waals surface area contributed by atoms with Crippen LogP contribution in [-0.2, 0) is 5.54 Å². The van der Waals surface area contributed by atoms with Crippen LogP contribution >= 0.6 is 0 Å². The first kappa shape index (κ1) is 16.9. The molecule has 0 saturated heterocycles. The number of aromatic amines is 1. The number of nitrogens with zero attached hydrogens (tertiary/aromatic N) is 5. The Kier molecular flexibility index (Phi) is 3.97. The zero-order valence-electron chi connectivity index (χ0n) is 14.6. The molecule has 0 aliphatic carbocycles. The van der Waals surface area contributed by atoms with E-state index in [1.165, 1.54) is 10.7 Å². The van der Waals surface area contributed by atoms with Crippen LogP contribution in [0.25, 0.3) is 16.9 Å². The van der Waals surface area contributed by atoms with Gasteiger partial charge in [-0.25, -0.2) is 0 Å². The Morgan fingerprint density at radius 2 is 2.08 bits per heavy atom. The van der Waals surface area contributed by atoms with E-state index < -0.39 is 5.54 Å². The molecule has 0 atom stereocenters. The van der Waals surface area contributed by atoms with Gasteiger partial charge in [0.15, 0.2) is 5.65 Å². The standard InChI is InChI=1S/C17H20N6O2/c1-10(2)13-14(12-7-19-22(8-12)17(3,4)9-24)21-15-11(5-18)6-20-23(15)16(13)25/h6-8,10,21,24H,9H2,1-4H3. The molecule has 0 fully saturated rings. The molecule has 130 valence electrons. The molecule has 3 aromatic rings.